The molecule has 0 saturated heterocycles. The van der Waals surface area contributed by atoms with Crippen LogP contribution in [0.25, 0.3) is 0 Å². The summed E-state index contributed by atoms with van der Waals surface area (Å²) in [6, 6.07) is 0. The summed E-state index contributed by atoms with van der Waals surface area (Å²) in [6.07, 6.45) is 2.88. The highest BCUT2D eigenvalue weighted by Crippen LogP contribution is 2.21. The van der Waals surface area contributed by atoms with E-state index in [9.17, 15) is 0 Å². The van der Waals surface area contributed by atoms with Crippen molar-refractivity contribution >= 4 is 27.7 Å². The molecule has 1 aromatic heterocycles. The van der Waals surface area contributed by atoms with E-state index in [-0.39, 0.29) is 0 Å². The van der Waals surface area contributed by atoms with Crippen LogP contribution in [0, 0.1) is 0 Å². The molecule has 1 aromatic rings. The molecule has 0 aliphatic carbocycles. The number of halogens is 1. The minimum absolute atomic E-state index is 0.784. The molecular formula is C11H19BrN4. The topological polar surface area (TPSA) is 41.1 Å². The third-order valence-electron chi connectivity index (χ3n) is 2.32. The van der Waals surface area contributed by atoms with E-state index >= 15 is 0 Å². The van der Waals surface area contributed by atoms with Gasteiger partial charge in [-0.2, -0.15) is 4.98 Å². The van der Waals surface area contributed by atoms with Crippen LogP contribution in [-0.4, -0.2) is 29.6 Å². The van der Waals surface area contributed by atoms with Gasteiger partial charge in [0.1, 0.15) is 5.82 Å². The van der Waals surface area contributed by atoms with Gasteiger partial charge in [0, 0.05) is 25.8 Å². The van der Waals surface area contributed by atoms with Crippen molar-refractivity contribution < 1.29 is 0 Å². The van der Waals surface area contributed by atoms with Gasteiger partial charge in [-0.15, -0.1) is 0 Å². The van der Waals surface area contributed by atoms with Crippen LogP contribution in [-0.2, 0) is 0 Å². The SMILES string of the molecule is CCCNc1nc(N(CC)CC)ncc1Br. The highest BCUT2D eigenvalue weighted by molar-refractivity contribution is 9.10. The smallest absolute Gasteiger partial charge is 0.227 e. The van der Waals surface area contributed by atoms with Crippen LogP contribution >= 0.6 is 15.9 Å². The molecule has 0 saturated carbocycles. The van der Waals surface area contributed by atoms with Crippen LogP contribution in [0.3, 0.4) is 0 Å². The fraction of sp³-hybridized carbons (Fsp3) is 0.636. The lowest BCUT2D eigenvalue weighted by atomic mass is 10.4. The Morgan fingerprint density at radius 1 is 1.31 bits per heavy atom. The lowest BCUT2D eigenvalue weighted by Gasteiger charge is -2.19. The lowest BCUT2D eigenvalue weighted by molar-refractivity contribution is 0.819. The summed E-state index contributed by atoms with van der Waals surface area (Å²) in [5, 5.41) is 3.28. The van der Waals surface area contributed by atoms with Gasteiger partial charge >= 0.3 is 0 Å². The van der Waals surface area contributed by atoms with E-state index < -0.39 is 0 Å². The molecule has 0 radical (unpaired) electrons. The van der Waals surface area contributed by atoms with E-state index in [0.29, 0.717) is 0 Å². The van der Waals surface area contributed by atoms with Crippen LogP contribution in [0.15, 0.2) is 10.7 Å². The fourth-order valence-corrected chi connectivity index (χ4v) is 1.72. The number of hydrogen-bond donors (Lipinski definition) is 1. The first-order chi connectivity index (χ1) is 7.72. The van der Waals surface area contributed by atoms with E-state index in [2.05, 4.69) is 56.9 Å². The Kier molecular flexibility index (Phi) is 5.52. The first-order valence-electron chi connectivity index (χ1n) is 5.74. The van der Waals surface area contributed by atoms with Gasteiger partial charge in [-0.3, -0.25) is 0 Å². The Bertz CT molecular complexity index is 326. The molecule has 1 rings (SSSR count). The quantitative estimate of drug-likeness (QED) is 0.873. The van der Waals surface area contributed by atoms with Gasteiger partial charge in [0.25, 0.3) is 0 Å². The molecule has 16 heavy (non-hydrogen) atoms. The van der Waals surface area contributed by atoms with Crippen molar-refractivity contribution in [3.63, 3.8) is 0 Å². The van der Waals surface area contributed by atoms with E-state index in [4.69, 9.17) is 0 Å². The number of hydrogen-bond acceptors (Lipinski definition) is 4. The second kappa shape index (κ2) is 6.68. The minimum Gasteiger partial charge on any atom is -0.369 e. The molecule has 0 amide bonds. The molecule has 90 valence electrons. The van der Waals surface area contributed by atoms with E-state index in [1.165, 1.54) is 0 Å². The van der Waals surface area contributed by atoms with E-state index in [1.54, 1.807) is 6.20 Å². The van der Waals surface area contributed by atoms with Gasteiger partial charge in [-0.05, 0) is 36.2 Å². The average Bonchev–Trinajstić information content (AvgIpc) is 2.31. The summed E-state index contributed by atoms with van der Waals surface area (Å²) in [6.45, 7) is 9.11. The van der Waals surface area contributed by atoms with E-state index in [1.807, 2.05) is 0 Å². The van der Waals surface area contributed by atoms with Crippen molar-refractivity contribution in [3.8, 4) is 0 Å². The van der Waals surface area contributed by atoms with Gasteiger partial charge in [0.2, 0.25) is 5.95 Å². The molecule has 4 nitrogen and oxygen atoms in total. The molecule has 0 aliphatic heterocycles. The van der Waals surface area contributed by atoms with Gasteiger partial charge in [0.15, 0.2) is 0 Å². The van der Waals surface area contributed by atoms with Crippen LogP contribution in [0.1, 0.15) is 27.2 Å². The summed E-state index contributed by atoms with van der Waals surface area (Å²) in [5.74, 6) is 1.66. The molecule has 0 fully saturated rings. The van der Waals surface area contributed by atoms with Crippen molar-refractivity contribution in [2.24, 2.45) is 0 Å². The Labute approximate surface area is 106 Å². The highest BCUT2D eigenvalue weighted by atomic mass is 79.9. The van der Waals surface area contributed by atoms with Gasteiger partial charge in [0.05, 0.1) is 4.47 Å². The monoisotopic (exact) mass is 286 g/mol. The van der Waals surface area contributed by atoms with E-state index in [0.717, 1.165) is 42.3 Å². The molecule has 1 heterocycles. The zero-order valence-corrected chi connectivity index (χ0v) is 11.7. The Morgan fingerprint density at radius 2 is 2.00 bits per heavy atom. The molecular weight excluding hydrogens is 268 g/mol. The molecule has 0 aromatic carbocycles. The summed E-state index contributed by atoms with van der Waals surface area (Å²) < 4.78 is 0.914. The Balaban J connectivity index is 2.87. The van der Waals surface area contributed by atoms with Crippen LogP contribution in [0.5, 0.6) is 0 Å². The molecule has 0 atom stereocenters. The first-order valence-corrected chi connectivity index (χ1v) is 6.53. The highest BCUT2D eigenvalue weighted by Gasteiger charge is 2.08. The maximum absolute atomic E-state index is 4.51. The average molecular weight is 287 g/mol. The maximum atomic E-state index is 4.51. The number of anilines is 2. The lowest BCUT2D eigenvalue weighted by Crippen LogP contribution is -2.24. The predicted octanol–water partition coefficient (Wildman–Crippen LogP) is 2.91. The second-order valence-corrected chi connectivity index (χ2v) is 4.32. The first kappa shape index (κ1) is 13.2. The van der Waals surface area contributed by atoms with Crippen LogP contribution in [0.4, 0.5) is 11.8 Å². The van der Waals surface area contributed by atoms with Crippen molar-refractivity contribution in [2.75, 3.05) is 29.9 Å². The normalized spacial score (nSPS) is 10.2. The molecule has 0 unspecified atom stereocenters. The number of nitrogens with zero attached hydrogens (tertiary/aromatic N) is 3. The molecule has 0 spiro atoms. The van der Waals surface area contributed by atoms with Crippen molar-refractivity contribution in [1.82, 2.24) is 9.97 Å². The molecule has 0 aliphatic rings. The number of aromatic nitrogens is 2. The molecule has 0 bridgehead atoms. The summed E-state index contributed by atoms with van der Waals surface area (Å²) in [5.41, 5.74) is 0. The zero-order chi connectivity index (χ0) is 12.0. The zero-order valence-electron chi connectivity index (χ0n) is 10.1. The van der Waals surface area contributed by atoms with Gasteiger partial charge in [-0.1, -0.05) is 6.92 Å². The summed E-state index contributed by atoms with van der Waals surface area (Å²) in [4.78, 5) is 11.0. The minimum atomic E-state index is 0.784. The Hall–Kier alpha value is -0.840. The summed E-state index contributed by atoms with van der Waals surface area (Å²) >= 11 is 3.45. The van der Waals surface area contributed by atoms with Crippen molar-refractivity contribution in [3.05, 3.63) is 10.7 Å². The third kappa shape index (κ3) is 3.33. The Morgan fingerprint density at radius 3 is 2.56 bits per heavy atom. The largest absolute Gasteiger partial charge is 0.369 e. The fourth-order valence-electron chi connectivity index (χ4n) is 1.38. The van der Waals surface area contributed by atoms with Crippen LogP contribution < -0.4 is 10.2 Å². The standard InChI is InChI=1S/C11H19BrN4/c1-4-7-13-10-9(12)8-14-11(15-10)16(5-2)6-3/h8H,4-7H2,1-3H3,(H,13,14,15). The summed E-state index contributed by atoms with van der Waals surface area (Å²) in [7, 11) is 0. The molecule has 1 N–H and O–H groups in total. The maximum Gasteiger partial charge on any atom is 0.227 e. The number of rotatable bonds is 6. The third-order valence-corrected chi connectivity index (χ3v) is 2.90. The van der Waals surface area contributed by atoms with Crippen molar-refractivity contribution in [2.45, 2.75) is 27.2 Å². The second-order valence-electron chi connectivity index (χ2n) is 3.47. The van der Waals surface area contributed by atoms with Crippen LogP contribution in [0.2, 0.25) is 0 Å². The number of nitrogens with one attached hydrogen (secondary N) is 1. The van der Waals surface area contributed by atoms with Gasteiger partial charge in [-0.25, -0.2) is 4.98 Å². The molecule has 5 heteroatoms. The van der Waals surface area contributed by atoms with Crippen molar-refractivity contribution in [1.29, 1.82) is 0 Å². The predicted molar refractivity (Wildman–Crippen MR) is 72.1 cm³/mol. The van der Waals surface area contributed by atoms with Gasteiger partial charge < -0.3 is 10.2 Å².